The van der Waals surface area contributed by atoms with E-state index in [1.807, 2.05) is 24.3 Å². The van der Waals surface area contributed by atoms with Crippen molar-refractivity contribution < 1.29 is 4.79 Å². The average Bonchev–Trinajstić information content (AvgIpc) is 2.38. The maximum Gasteiger partial charge on any atom is 0.259 e. The minimum atomic E-state index is -0.274. The number of nitrogens with two attached hydrogens (primary N) is 1. The number of carbonyl (C=O) groups is 1. The van der Waals surface area contributed by atoms with Crippen molar-refractivity contribution in [3.05, 3.63) is 50.1 Å². The van der Waals surface area contributed by atoms with Crippen LogP contribution in [-0.4, -0.2) is 10.9 Å². The Morgan fingerprint density at radius 3 is 2.84 bits per heavy atom. The zero-order valence-corrected chi connectivity index (χ0v) is 13.4. The number of hydrazine groups is 1. The van der Waals surface area contributed by atoms with Crippen molar-refractivity contribution in [1.29, 1.82) is 0 Å². The van der Waals surface area contributed by atoms with Gasteiger partial charge in [0.05, 0.1) is 5.56 Å². The Morgan fingerprint density at radius 1 is 1.37 bits per heavy atom. The van der Waals surface area contributed by atoms with Crippen LogP contribution in [0, 0.1) is 3.57 Å². The summed E-state index contributed by atoms with van der Waals surface area (Å²) >= 11 is 5.46. The Morgan fingerprint density at radius 2 is 2.16 bits per heavy atom. The highest BCUT2D eigenvalue weighted by Crippen LogP contribution is 2.19. The Kier molecular flexibility index (Phi) is 4.72. The second-order valence-corrected chi connectivity index (χ2v) is 5.82. The van der Waals surface area contributed by atoms with Gasteiger partial charge in [-0.05, 0) is 62.8 Å². The number of hydrogen-bond donors (Lipinski definition) is 3. The molecule has 0 atom stereocenters. The van der Waals surface area contributed by atoms with Gasteiger partial charge in [0.2, 0.25) is 0 Å². The van der Waals surface area contributed by atoms with Gasteiger partial charge >= 0.3 is 0 Å². The molecule has 0 aliphatic heterocycles. The van der Waals surface area contributed by atoms with Crippen LogP contribution in [0.5, 0.6) is 0 Å². The van der Waals surface area contributed by atoms with Gasteiger partial charge in [0.1, 0.15) is 0 Å². The smallest absolute Gasteiger partial charge is 0.259 e. The molecule has 4 N–H and O–H groups in total. The van der Waals surface area contributed by atoms with Gasteiger partial charge in [-0.25, -0.2) is 10.8 Å². The van der Waals surface area contributed by atoms with Crippen LogP contribution >= 0.6 is 38.5 Å². The van der Waals surface area contributed by atoms with Crippen LogP contribution in [0.3, 0.4) is 0 Å². The molecular weight excluding hydrogens is 423 g/mol. The molecule has 0 spiro atoms. The first-order valence-electron chi connectivity index (χ1n) is 5.29. The molecule has 1 aromatic heterocycles. The lowest BCUT2D eigenvalue weighted by molar-refractivity contribution is 0.102. The van der Waals surface area contributed by atoms with Gasteiger partial charge in [-0.2, -0.15) is 0 Å². The third kappa shape index (κ3) is 3.64. The van der Waals surface area contributed by atoms with Crippen LogP contribution in [0.25, 0.3) is 0 Å². The van der Waals surface area contributed by atoms with Crippen molar-refractivity contribution in [2.75, 3.05) is 10.7 Å². The van der Waals surface area contributed by atoms with Crippen molar-refractivity contribution in [2.24, 2.45) is 5.84 Å². The molecule has 5 nitrogen and oxygen atoms in total. The predicted molar refractivity (Wildman–Crippen MR) is 86.9 cm³/mol. The van der Waals surface area contributed by atoms with E-state index in [4.69, 9.17) is 5.84 Å². The monoisotopic (exact) mass is 432 g/mol. The summed E-state index contributed by atoms with van der Waals surface area (Å²) in [6, 6.07) is 9.17. The Hall–Kier alpha value is -1.19. The molecule has 7 heteroatoms. The molecule has 0 radical (unpaired) electrons. The van der Waals surface area contributed by atoms with E-state index in [9.17, 15) is 4.79 Å². The normalized spacial score (nSPS) is 10.1. The summed E-state index contributed by atoms with van der Waals surface area (Å²) in [7, 11) is 0. The van der Waals surface area contributed by atoms with Crippen LogP contribution in [-0.2, 0) is 0 Å². The van der Waals surface area contributed by atoms with Crippen molar-refractivity contribution >= 4 is 55.9 Å². The van der Waals surface area contributed by atoms with Gasteiger partial charge in [0.15, 0.2) is 5.82 Å². The van der Waals surface area contributed by atoms with E-state index in [1.54, 1.807) is 12.3 Å². The number of pyridine rings is 1. The number of halogens is 2. The molecule has 2 rings (SSSR count). The summed E-state index contributed by atoms with van der Waals surface area (Å²) in [6.07, 6.45) is 1.57. The number of aromatic nitrogens is 1. The SMILES string of the molecule is NNc1ncc(Br)cc1C(=O)Nc1cccc(I)c1. The second kappa shape index (κ2) is 6.31. The first kappa shape index (κ1) is 14.2. The third-order valence-corrected chi connectivity index (χ3v) is 3.42. The number of nitrogens with zero attached hydrogens (tertiary/aromatic N) is 1. The van der Waals surface area contributed by atoms with Crippen molar-refractivity contribution in [1.82, 2.24) is 4.98 Å². The molecule has 0 fully saturated rings. The van der Waals surface area contributed by atoms with Crippen LogP contribution < -0.4 is 16.6 Å². The molecule has 98 valence electrons. The Labute approximate surface area is 132 Å². The number of rotatable bonds is 3. The molecule has 1 aromatic carbocycles. The molecule has 0 aliphatic rings. The molecule has 1 heterocycles. The summed E-state index contributed by atoms with van der Waals surface area (Å²) in [5, 5.41) is 2.80. The maximum absolute atomic E-state index is 12.2. The van der Waals surface area contributed by atoms with Crippen LogP contribution in [0.15, 0.2) is 41.0 Å². The third-order valence-electron chi connectivity index (χ3n) is 2.32. The van der Waals surface area contributed by atoms with Gasteiger partial charge in [-0.15, -0.1) is 0 Å². The molecule has 2 aromatic rings. The standard InChI is InChI=1S/C12H10BrIN4O/c13-7-4-10(11(18-15)16-6-7)12(19)17-9-3-1-2-8(14)5-9/h1-6H,15H2,(H,16,18)(H,17,19). The van der Waals surface area contributed by atoms with Crippen LogP contribution in [0.2, 0.25) is 0 Å². The van der Waals surface area contributed by atoms with E-state index in [0.717, 1.165) is 9.26 Å². The van der Waals surface area contributed by atoms with Gasteiger partial charge in [0.25, 0.3) is 5.91 Å². The van der Waals surface area contributed by atoms with Crippen molar-refractivity contribution in [2.45, 2.75) is 0 Å². The van der Waals surface area contributed by atoms with E-state index >= 15 is 0 Å². The quantitative estimate of drug-likeness (QED) is 0.395. The molecule has 0 bridgehead atoms. The number of nitrogens with one attached hydrogen (secondary N) is 2. The maximum atomic E-state index is 12.2. The van der Waals surface area contributed by atoms with Gasteiger partial charge in [-0.3, -0.25) is 4.79 Å². The first-order chi connectivity index (χ1) is 9.10. The number of nitrogen functional groups attached to an aromatic ring is 1. The number of hydrogen-bond acceptors (Lipinski definition) is 4. The Bertz CT molecular complexity index is 620. The fourth-order valence-corrected chi connectivity index (χ4v) is 2.37. The molecule has 0 aliphatic carbocycles. The van der Waals surface area contributed by atoms with Crippen molar-refractivity contribution in [3.8, 4) is 0 Å². The van der Waals surface area contributed by atoms with E-state index in [-0.39, 0.29) is 5.91 Å². The highest BCUT2D eigenvalue weighted by Gasteiger charge is 2.13. The second-order valence-electron chi connectivity index (χ2n) is 3.66. The van der Waals surface area contributed by atoms with E-state index in [2.05, 4.69) is 54.2 Å². The number of benzene rings is 1. The lowest BCUT2D eigenvalue weighted by Gasteiger charge is -2.09. The minimum absolute atomic E-state index is 0.274. The largest absolute Gasteiger partial charge is 0.322 e. The Balaban J connectivity index is 2.27. The lowest BCUT2D eigenvalue weighted by atomic mass is 10.2. The van der Waals surface area contributed by atoms with E-state index in [1.165, 1.54) is 0 Å². The fourth-order valence-electron chi connectivity index (χ4n) is 1.49. The van der Waals surface area contributed by atoms with E-state index < -0.39 is 0 Å². The molecule has 0 saturated carbocycles. The number of amides is 1. The molecule has 0 saturated heterocycles. The number of carbonyl (C=O) groups excluding carboxylic acids is 1. The number of anilines is 2. The molecule has 1 amide bonds. The van der Waals surface area contributed by atoms with Gasteiger partial charge in [-0.1, -0.05) is 6.07 Å². The summed E-state index contributed by atoms with van der Waals surface area (Å²) in [4.78, 5) is 16.2. The van der Waals surface area contributed by atoms with E-state index in [0.29, 0.717) is 15.9 Å². The topological polar surface area (TPSA) is 80.0 Å². The summed E-state index contributed by atoms with van der Waals surface area (Å²) in [6.45, 7) is 0. The summed E-state index contributed by atoms with van der Waals surface area (Å²) < 4.78 is 1.75. The van der Waals surface area contributed by atoms with Crippen LogP contribution in [0.1, 0.15) is 10.4 Å². The molecule has 0 unspecified atom stereocenters. The summed E-state index contributed by atoms with van der Waals surface area (Å²) in [5.74, 6) is 5.40. The zero-order chi connectivity index (χ0) is 13.8. The fraction of sp³-hybridized carbons (Fsp3) is 0. The molecule has 19 heavy (non-hydrogen) atoms. The minimum Gasteiger partial charge on any atom is -0.322 e. The predicted octanol–water partition coefficient (Wildman–Crippen LogP) is 2.99. The van der Waals surface area contributed by atoms with Crippen LogP contribution in [0.4, 0.5) is 11.5 Å². The summed E-state index contributed by atoms with van der Waals surface area (Å²) in [5.41, 5.74) is 3.50. The van der Waals surface area contributed by atoms with Gasteiger partial charge in [0, 0.05) is 19.9 Å². The van der Waals surface area contributed by atoms with Gasteiger partial charge < -0.3 is 10.7 Å². The van der Waals surface area contributed by atoms with Crippen molar-refractivity contribution in [3.63, 3.8) is 0 Å². The highest BCUT2D eigenvalue weighted by atomic mass is 127. The highest BCUT2D eigenvalue weighted by molar-refractivity contribution is 14.1. The first-order valence-corrected chi connectivity index (χ1v) is 7.16. The average molecular weight is 433 g/mol. The zero-order valence-electron chi connectivity index (χ0n) is 9.65. The molecular formula is C12H10BrIN4O. The lowest BCUT2D eigenvalue weighted by Crippen LogP contribution is -2.18.